The molecule has 0 radical (unpaired) electrons. The average molecular weight is 394 g/mol. The van der Waals surface area contributed by atoms with Crippen LogP contribution in [0.1, 0.15) is 50.4 Å². The third-order valence-electron chi connectivity index (χ3n) is 6.82. The van der Waals surface area contributed by atoms with Gasteiger partial charge in [-0.3, -0.25) is 14.9 Å². The van der Waals surface area contributed by atoms with Crippen molar-refractivity contribution in [2.45, 2.75) is 40.0 Å². The average Bonchev–Trinajstić information content (AvgIpc) is 2.90. The molecule has 2 atom stereocenters. The molecule has 0 heterocycles. The molecular weight excluding hydrogens is 374 g/mol. The summed E-state index contributed by atoms with van der Waals surface area (Å²) in [6, 6.07) is 3.63. The van der Waals surface area contributed by atoms with Crippen molar-refractivity contribution in [1.29, 1.82) is 0 Å². The van der Waals surface area contributed by atoms with Crippen LogP contribution in [0.3, 0.4) is 0 Å². The van der Waals surface area contributed by atoms with E-state index in [1.807, 2.05) is 20.8 Å². The van der Waals surface area contributed by atoms with E-state index in [9.17, 15) is 19.7 Å². The Balaban J connectivity index is 1.87. The normalized spacial score (nSPS) is 29.7. The van der Waals surface area contributed by atoms with Gasteiger partial charge in [0.25, 0.3) is 5.69 Å². The zero-order chi connectivity index (χ0) is 20.2. The monoisotopic (exact) mass is 393 g/mol. The lowest BCUT2D eigenvalue weighted by molar-refractivity contribution is -0.384. The molecule has 2 fully saturated rings. The van der Waals surface area contributed by atoms with Crippen molar-refractivity contribution in [3.63, 3.8) is 0 Å². The molecule has 2 aliphatic rings. The third-order valence-corrected chi connectivity index (χ3v) is 7.14. The molecule has 0 aromatic heterocycles. The number of benzene rings is 1. The number of nitrogens with two attached hydrogens (primary N) is 1. The number of fused-ring (bicyclic) bond motifs is 2. The minimum absolute atomic E-state index is 0.0346. The zero-order valence-corrected chi connectivity index (χ0v) is 16.0. The minimum Gasteiger partial charge on any atom is -0.369 e. The lowest BCUT2D eigenvalue weighted by atomic mass is 9.64. The second kappa shape index (κ2) is 6.02. The predicted molar refractivity (Wildman–Crippen MR) is 98.3 cm³/mol. The molecule has 0 saturated heterocycles. The molecule has 2 N–H and O–H groups in total. The molecule has 8 nitrogen and oxygen atoms in total. The van der Waals surface area contributed by atoms with Crippen LogP contribution in [-0.2, 0) is 9.63 Å². The molecule has 3 rings (SSSR count). The number of amides is 1. The SMILES string of the molecule is CC12CCC(C(N)=O)(C/C1=N/OC(=O)c1ccc(Cl)c([N+](=O)[O-])c1)C2(C)C. The van der Waals surface area contributed by atoms with E-state index in [2.05, 4.69) is 5.16 Å². The highest BCUT2D eigenvalue weighted by Crippen LogP contribution is 2.70. The predicted octanol–water partition coefficient (Wildman–Crippen LogP) is 3.46. The van der Waals surface area contributed by atoms with E-state index in [4.69, 9.17) is 22.2 Å². The van der Waals surface area contributed by atoms with Crippen LogP contribution in [0.15, 0.2) is 23.4 Å². The van der Waals surface area contributed by atoms with Crippen LogP contribution in [0.4, 0.5) is 5.69 Å². The molecule has 9 heteroatoms. The minimum atomic E-state index is -0.834. The van der Waals surface area contributed by atoms with E-state index in [0.29, 0.717) is 25.0 Å². The largest absolute Gasteiger partial charge is 0.369 e. The fraction of sp³-hybridized carbons (Fsp3) is 0.500. The van der Waals surface area contributed by atoms with Gasteiger partial charge in [-0.2, -0.15) is 0 Å². The molecule has 27 heavy (non-hydrogen) atoms. The number of halogens is 1. The van der Waals surface area contributed by atoms with Gasteiger partial charge >= 0.3 is 5.97 Å². The molecule has 1 aromatic rings. The Labute approximate surface area is 160 Å². The number of carbonyl (C=O) groups is 2. The summed E-state index contributed by atoms with van der Waals surface area (Å²) in [7, 11) is 0. The summed E-state index contributed by atoms with van der Waals surface area (Å²) >= 11 is 5.75. The molecule has 1 aromatic carbocycles. The van der Waals surface area contributed by atoms with E-state index in [-0.39, 0.29) is 22.2 Å². The Morgan fingerprint density at radius 1 is 1.30 bits per heavy atom. The van der Waals surface area contributed by atoms with E-state index in [1.54, 1.807) is 0 Å². The van der Waals surface area contributed by atoms with Gasteiger partial charge in [-0.1, -0.05) is 37.5 Å². The number of hydrogen-bond donors (Lipinski definition) is 1. The number of oxime groups is 1. The van der Waals surface area contributed by atoms with Gasteiger partial charge < -0.3 is 10.6 Å². The molecule has 2 saturated carbocycles. The number of hydrogen-bond acceptors (Lipinski definition) is 6. The molecule has 0 spiro atoms. The highest BCUT2D eigenvalue weighted by molar-refractivity contribution is 6.32. The fourth-order valence-corrected chi connectivity index (χ4v) is 4.68. The number of nitrogens with zero attached hydrogens (tertiary/aromatic N) is 2. The van der Waals surface area contributed by atoms with Crippen molar-refractivity contribution in [3.8, 4) is 0 Å². The Hall–Kier alpha value is -2.48. The van der Waals surface area contributed by atoms with Crippen LogP contribution in [0, 0.1) is 26.4 Å². The maximum Gasteiger partial charge on any atom is 0.365 e. The van der Waals surface area contributed by atoms with Crippen LogP contribution in [-0.4, -0.2) is 22.5 Å². The van der Waals surface area contributed by atoms with Gasteiger partial charge in [0.05, 0.1) is 21.6 Å². The Morgan fingerprint density at radius 2 is 1.96 bits per heavy atom. The van der Waals surface area contributed by atoms with E-state index < -0.39 is 27.1 Å². The van der Waals surface area contributed by atoms with Gasteiger partial charge in [0.1, 0.15) is 5.02 Å². The molecule has 1 amide bonds. The highest BCUT2D eigenvalue weighted by atomic mass is 35.5. The van der Waals surface area contributed by atoms with Crippen molar-refractivity contribution in [1.82, 2.24) is 0 Å². The second-order valence-electron chi connectivity index (χ2n) is 7.92. The van der Waals surface area contributed by atoms with Crippen LogP contribution < -0.4 is 5.73 Å². The highest BCUT2D eigenvalue weighted by Gasteiger charge is 2.71. The summed E-state index contributed by atoms with van der Waals surface area (Å²) in [5.74, 6) is -1.21. The third kappa shape index (κ3) is 2.54. The molecule has 2 unspecified atom stereocenters. The lowest BCUT2D eigenvalue weighted by Crippen LogP contribution is -2.44. The van der Waals surface area contributed by atoms with Gasteiger partial charge in [0, 0.05) is 17.9 Å². The summed E-state index contributed by atoms with van der Waals surface area (Å²) in [5.41, 5.74) is 4.32. The number of nitro groups is 1. The van der Waals surface area contributed by atoms with E-state index in [1.165, 1.54) is 12.1 Å². The maximum absolute atomic E-state index is 12.3. The van der Waals surface area contributed by atoms with Gasteiger partial charge in [0.15, 0.2) is 0 Å². The zero-order valence-electron chi connectivity index (χ0n) is 15.2. The number of carbonyl (C=O) groups excluding carboxylic acids is 2. The first-order valence-electron chi connectivity index (χ1n) is 8.49. The summed E-state index contributed by atoms with van der Waals surface area (Å²) in [4.78, 5) is 39.8. The maximum atomic E-state index is 12.3. The second-order valence-corrected chi connectivity index (χ2v) is 8.33. The van der Waals surface area contributed by atoms with Gasteiger partial charge in [-0.15, -0.1) is 0 Å². The Bertz CT molecular complexity index is 897. The number of primary amides is 1. The smallest absolute Gasteiger partial charge is 0.365 e. The standard InChI is InChI=1S/C18H20ClN3O5/c1-16(2)17(3)6-7-18(16,15(20)24)9-13(17)21-27-14(23)10-4-5-11(19)12(8-10)22(25)26/h4-5,8H,6-7,9H2,1-3H3,(H2,20,24)/b21-13-. The molecular formula is C18H20ClN3O5. The van der Waals surface area contributed by atoms with Crippen LogP contribution in [0.2, 0.25) is 5.02 Å². The lowest BCUT2D eigenvalue weighted by Gasteiger charge is -2.38. The van der Waals surface area contributed by atoms with Crippen LogP contribution >= 0.6 is 11.6 Å². The molecule has 2 bridgehead atoms. The summed E-state index contributed by atoms with van der Waals surface area (Å²) < 4.78 is 0. The fourth-order valence-electron chi connectivity index (χ4n) is 4.49. The van der Waals surface area contributed by atoms with E-state index in [0.717, 1.165) is 6.07 Å². The quantitative estimate of drug-likeness (QED) is 0.476. The molecule has 0 aliphatic heterocycles. The molecule has 144 valence electrons. The van der Waals surface area contributed by atoms with Crippen molar-refractivity contribution >= 4 is 34.9 Å². The van der Waals surface area contributed by atoms with Crippen molar-refractivity contribution in [2.75, 3.05) is 0 Å². The van der Waals surface area contributed by atoms with E-state index >= 15 is 0 Å². The topological polar surface area (TPSA) is 125 Å². The van der Waals surface area contributed by atoms with Crippen molar-refractivity contribution < 1.29 is 19.3 Å². The summed E-state index contributed by atoms with van der Waals surface area (Å²) in [5, 5.41) is 14.9. The van der Waals surface area contributed by atoms with Gasteiger partial charge in [0.2, 0.25) is 5.91 Å². The number of nitro benzene ring substituents is 1. The van der Waals surface area contributed by atoms with Crippen LogP contribution in [0.5, 0.6) is 0 Å². The summed E-state index contributed by atoms with van der Waals surface area (Å²) in [6.07, 6.45) is 1.72. The van der Waals surface area contributed by atoms with Gasteiger partial charge in [-0.05, 0) is 30.4 Å². The first-order chi connectivity index (χ1) is 12.5. The molecule has 2 aliphatic carbocycles. The first kappa shape index (κ1) is 19.3. The number of rotatable bonds is 4. The van der Waals surface area contributed by atoms with Crippen molar-refractivity contribution in [3.05, 3.63) is 38.9 Å². The van der Waals surface area contributed by atoms with Gasteiger partial charge in [-0.25, -0.2) is 4.79 Å². The summed E-state index contributed by atoms with van der Waals surface area (Å²) in [6.45, 7) is 5.96. The van der Waals surface area contributed by atoms with Crippen molar-refractivity contribution in [2.24, 2.45) is 27.1 Å². The van der Waals surface area contributed by atoms with Crippen LogP contribution in [0.25, 0.3) is 0 Å². The Kier molecular flexibility index (Phi) is 4.30. The Morgan fingerprint density at radius 3 is 2.52 bits per heavy atom. The first-order valence-corrected chi connectivity index (χ1v) is 8.87.